The molecule has 0 aromatic heterocycles. The topological polar surface area (TPSA) is 59.0 Å². The molecule has 0 saturated heterocycles. The van der Waals surface area contributed by atoms with E-state index < -0.39 is 0 Å². The molecule has 2 rings (SSSR count). The maximum Gasteiger partial charge on any atom is 0.254 e. The molecule has 92 valence electrons. The van der Waals surface area contributed by atoms with Crippen LogP contribution in [0, 0.1) is 0 Å². The van der Waals surface area contributed by atoms with Crippen molar-refractivity contribution in [3.8, 4) is 11.5 Å². The third-order valence-corrected chi connectivity index (χ3v) is 2.66. The number of rotatable bonds is 4. The van der Waals surface area contributed by atoms with E-state index in [-0.39, 0.29) is 19.3 Å². The minimum atomic E-state index is -0.111. The third-order valence-electron chi connectivity index (χ3n) is 2.66. The lowest BCUT2D eigenvalue weighted by molar-refractivity contribution is 0.0731. The molecule has 0 atom stereocenters. The summed E-state index contributed by atoms with van der Waals surface area (Å²) in [5, 5.41) is 8.88. The third kappa shape index (κ3) is 2.34. The van der Waals surface area contributed by atoms with Gasteiger partial charge in [-0.1, -0.05) is 0 Å². The molecule has 0 spiro atoms. The number of hydrogen-bond acceptors (Lipinski definition) is 4. The Morgan fingerprint density at radius 2 is 2.18 bits per heavy atom. The number of amides is 1. The Balaban J connectivity index is 2.19. The number of aliphatic hydroxyl groups is 1. The van der Waals surface area contributed by atoms with Gasteiger partial charge in [0.1, 0.15) is 0 Å². The lowest BCUT2D eigenvalue weighted by Crippen LogP contribution is -2.33. The van der Waals surface area contributed by atoms with Crippen LogP contribution >= 0.6 is 0 Å². The Kier molecular flexibility index (Phi) is 3.49. The highest BCUT2D eigenvalue weighted by atomic mass is 16.7. The molecule has 1 aromatic rings. The minimum Gasteiger partial charge on any atom is -0.454 e. The Labute approximate surface area is 99.6 Å². The maximum atomic E-state index is 12.1. The molecule has 1 amide bonds. The number of ether oxygens (including phenoxy) is 2. The number of aliphatic hydroxyl groups excluding tert-OH is 1. The van der Waals surface area contributed by atoms with Gasteiger partial charge in [-0.3, -0.25) is 4.79 Å². The lowest BCUT2D eigenvalue weighted by atomic mass is 10.1. The van der Waals surface area contributed by atoms with Crippen LogP contribution in [-0.2, 0) is 0 Å². The van der Waals surface area contributed by atoms with Crippen LogP contribution in [-0.4, -0.2) is 42.4 Å². The summed E-state index contributed by atoms with van der Waals surface area (Å²) in [6.07, 6.45) is 0. The van der Waals surface area contributed by atoms with Crippen molar-refractivity contribution < 1.29 is 19.4 Å². The summed E-state index contributed by atoms with van der Waals surface area (Å²) in [5.74, 6) is 1.14. The van der Waals surface area contributed by atoms with Crippen LogP contribution in [0.1, 0.15) is 17.3 Å². The van der Waals surface area contributed by atoms with Crippen molar-refractivity contribution >= 4 is 5.91 Å². The van der Waals surface area contributed by atoms with Gasteiger partial charge < -0.3 is 19.5 Å². The minimum absolute atomic E-state index is 0.0376. The van der Waals surface area contributed by atoms with Crippen molar-refractivity contribution in [1.29, 1.82) is 0 Å². The van der Waals surface area contributed by atoms with Crippen LogP contribution in [0.15, 0.2) is 18.2 Å². The highest BCUT2D eigenvalue weighted by molar-refractivity contribution is 5.95. The van der Waals surface area contributed by atoms with Crippen molar-refractivity contribution in [2.75, 3.05) is 26.5 Å². The first-order valence-corrected chi connectivity index (χ1v) is 5.56. The standard InChI is InChI=1S/C12H15NO4/c1-2-13(5-6-14)12(15)9-3-4-10-11(7-9)17-8-16-10/h3-4,7,14H,2,5-6,8H2,1H3. The quantitative estimate of drug-likeness (QED) is 0.844. The molecule has 0 unspecified atom stereocenters. The van der Waals surface area contributed by atoms with Crippen LogP contribution in [0.2, 0.25) is 0 Å². The fourth-order valence-electron chi connectivity index (χ4n) is 1.74. The zero-order valence-corrected chi connectivity index (χ0v) is 9.68. The average molecular weight is 237 g/mol. The monoisotopic (exact) mass is 237 g/mol. The first-order valence-electron chi connectivity index (χ1n) is 5.56. The molecule has 0 radical (unpaired) electrons. The normalized spacial score (nSPS) is 12.6. The second-order valence-electron chi connectivity index (χ2n) is 3.68. The number of benzene rings is 1. The molecule has 5 nitrogen and oxygen atoms in total. The number of fused-ring (bicyclic) bond motifs is 1. The van der Waals surface area contributed by atoms with Crippen LogP contribution in [0.25, 0.3) is 0 Å². The average Bonchev–Trinajstić information content (AvgIpc) is 2.82. The highest BCUT2D eigenvalue weighted by Crippen LogP contribution is 2.32. The smallest absolute Gasteiger partial charge is 0.254 e. The second kappa shape index (κ2) is 5.05. The summed E-state index contributed by atoms with van der Waals surface area (Å²) in [5.41, 5.74) is 0.546. The fraction of sp³-hybridized carbons (Fsp3) is 0.417. The van der Waals surface area contributed by atoms with E-state index in [1.807, 2.05) is 6.92 Å². The first-order chi connectivity index (χ1) is 8.26. The molecular weight excluding hydrogens is 222 g/mol. The van der Waals surface area contributed by atoms with Gasteiger partial charge in [0.2, 0.25) is 6.79 Å². The van der Waals surface area contributed by atoms with Gasteiger partial charge in [0, 0.05) is 18.7 Å². The molecule has 17 heavy (non-hydrogen) atoms. The Bertz CT molecular complexity index is 419. The Morgan fingerprint density at radius 1 is 1.41 bits per heavy atom. The molecule has 1 heterocycles. The van der Waals surface area contributed by atoms with Crippen molar-refractivity contribution in [3.05, 3.63) is 23.8 Å². The van der Waals surface area contributed by atoms with E-state index in [0.717, 1.165) is 0 Å². The molecular formula is C12H15NO4. The van der Waals surface area contributed by atoms with Gasteiger partial charge in [0.25, 0.3) is 5.91 Å². The van der Waals surface area contributed by atoms with Gasteiger partial charge >= 0.3 is 0 Å². The van der Waals surface area contributed by atoms with Crippen molar-refractivity contribution in [3.63, 3.8) is 0 Å². The van der Waals surface area contributed by atoms with Crippen molar-refractivity contribution in [2.45, 2.75) is 6.92 Å². The molecule has 5 heteroatoms. The summed E-state index contributed by atoms with van der Waals surface area (Å²) < 4.78 is 10.4. The summed E-state index contributed by atoms with van der Waals surface area (Å²) in [6, 6.07) is 5.10. The van der Waals surface area contributed by atoms with E-state index in [9.17, 15) is 4.79 Å². The molecule has 0 fully saturated rings. The van der Waals surface area contributed by atoms with E-state index in [4.69, 9.17) is 14.6 Å². The SMILES string of the molecule is CCN(CCO)C(=O)c1ccc2c(c1)OCO2. The zero-order valence-electron chi connectivity index (χ0n) is 9.68. The molecule has 1 aliphatic heterocycles. The van der Waals surface area contributed by atoms with Crippen LogP contribution in [0.4, 0.5) is 0 Å². The van der Waals surface area contributed by atoms with Crippen molar-refractivity contribution in [2.24, 2.45) is 0 Å². The first kappa shape index (κ1) is 11.7. The van der Waals surface area contributed by atoms with E-state index in [1.54, 1.807) is 23.1 Å². The molecule has 1 aliphatic rings. The summed E-state index contributed by atoms with van der Waals surface area (Å²) in [7, 11) is 0. The number of likely N-dealkylation sites (N-methyl/N-ethyl adjacent to an activating group) is 1. The van der Waals surface area contributed by atoms with Crippen molar-refractivity contribution in [1.82, 2.24) is 4.90 Å². The summed E-state index contributed by atoms with van der Waals surface area (Å²) >= 11 is 0. The number of carbonyl (C=O) groups excluding carboxylic acids is 1. The van der Waals surface area contributed by atoms with Gasteiger partial charge in [-0.25, -0.2) is 0 Å². The van der Waals surface area contributed by atoms with E-state index in [0.29, 0.717) is 30.2 Å². The van der Waals surface area contributed by atoms with Gasteiger partial charge in [-0.05, 0) is 25.1 Å². The lowest BCUT2D eigenvalue weighted by Gasteiger charge is -2.19. The van der Waals surface area contributed by atoms with E-state index >= 15 is 0 Å². The fourth-order valence-corrected chi connectivity index (χ4v) is 1.74. The second-order valence-corrected chi connectivity index (χ2v) is 3.68. The van der Waals surface area contributed by atoms with E-state index in [1.165, 1.54) is 0 Å². The predicted octanol–water partition coefficient (Wildman–Crippen LogP) is 0.870. The van der Waals surface area contributed by atoms with Crippen LogP contribution < -0.4 is 9.47 Å². The van der Waals surface area contributed by atoms with Gasteiger partial charge in [-0.15, -0.1) is 0 Å². The Hall–Kier alpha value is -1.75. The highest BCUT2D eigenvalue weighted by Gasteiger charge is 2.18. The predicted molar refractivity (Wildman–Crippen MR) is 61.2 cm³/mol. The van der Waals surface area contributed by atoms with Gasteiger partial charge in [0.05, 0.1) is 6.61 Å². The van der Waals surface area contributed by atoms with Crippen LogP contribution in [0.3, 0.4) is 0 Å². The number of hydrogen-bond donors (Lipinski definition) is 1. The molecule has 1 aromatic carbocycles. The summed E-state index contributed by atoms with van der Waals surface area (Å²) in [6.45, 7) is 2.93. The zero-order chi connectivity index (χ0) is 12.3. The molecule has 0 saturated carbocycles. The maximum absolute atomic E-state index is 12.1. The molecule has 0 aliphatic carbocycles. The molecule has 0 bridgehead atoms. The number of nitrogens with zero attached hydrogens (tertiary/aromatic N) is 1. The summed E-state index contributed by atoms with van der Waals surface area (Å²) in [4.78, 5) is 13.7. The van der Waals surface area contributed by atoms with Crippen LogP contribution in [0.5, 0.6) is 11.5 Å². The molecule has 1 N–H and O–H groups in total. The van der Waals surface area contributed by atoms with Gasteiger partial charge in [-0.2, -0.15) is 0 Å². The number of carbonyl (C=O) groups is 1. The largest absolute Gasteiger partial charge is 0.454 e. The van der Waals surface area contributed by atoms with E-state index in [2.05, 4.69) is 0 Å². The van der Waals surface area contributed by atoms with Gasteiger partial charge in [0.15, 0.2) is 11.5 Å². The Morgan fingerprint density at radius 3 is 2.88 bits per heavy atom.